The number of esters is 1. The van der Waals surface area contributed by atoms with E-state index in [0.29, 0.717) is 18.2 Å². The Labute approximate surface area is 86.5 Å². The third-order valence-corrected chi connectivity index (χ3v) is 2.07. The maximum atomic E-state index is 11.2. The fourth-order valence-corrected chi connectivity index (χ4v) is 1.26. The molecule has 0 saturated carbocycles. The van der Waals surface area contributed by atoms with Crippen molar-refractivity contribution in [3.63, 3.8) is 0 Å². The Hall–Kier alpha value is -1.18. The molecule has 1 aromatic rings. The number of carbonyl (C=O) groups is 1. The van der Waals surface area contributed by atoms with E-state index in [9.17, 15) is 4.79 Å². The molecule has 0 N–H and O–H groups in total. The third kappa shape index (κ3) is 2.19. The van der Waals surface area contributed by atoms with Gasteiger partial charge in [-0.2, -0.15) is 0 Å². The second kappa shape index (κ2) is 4.89. The second-order valence-electron chi connectivity index (χ2n) is 2.88. The van der Waals surface area contributed by atoms with Gasteiger partial charge in [-0.1, -0.05) is 29.8 Å². The van der Waals surface area contributed by atoms with Gasteiger partial charge in [0.1, 0.15) is 0 Å². The predicted octanol–water partition coefficient (Wildman–Crippen LogP) is 0.810. The molecule has 14 heavy (non-hydrogen) atoms. The Morgan fingerprint density at radius 2 is 1.93 bits per heavy atom. The van der Waals surface area contributed by atoms with Crippen molar-refractivity contribution in [2.75, 3.05) is 7.11 Å². The monoisotopic (exact) mass is 184 g/mol. The van der Waals surface area contributed by atoms with Crippen molar-refractivity contribution in [2.24, 2.45) is 0 Å². The van der Waals surface area contributed by atoms with Crippen molar-refractivity contribution in [1.82, 2.24) is 0 Å². The molecule has 0 amide bonds. The molecule has 1 rings (SSSR count). The highest BCUT2D eigenvalue weighted by Gasteiger charge is 2.07. The fraction of sp³-hybridized carbons (Fsp3) is 0.300. The number of ether oxygens (including phenoxy) is 1. The van der Waals surface area contributed by atoms with Crippen LogP contribution in [0.15, 0.2) is 18.2 Å². The molecule has 0 aliphatic rings. The van der Waals surface area contributed by atoms with Crippen molar-refractivity contribution in [2.45, 2.75) is 12.6 Å². The van der Waals surface area contributed by atoms with Crippen molar-refractivity contribution in [1.29, 1.82) is 0 Å². The molecule has 0 fully saturated rings. The van der Waals surface area contributed by atoms with Crippen LogP contribution in [0.1, 0.15) is 21.5 Å². The highest BCUT2D eigenvalue weighted by molar-refractivity contribution is 6.10. The van der Waals surface area contributed by atoms with Gasteiger partial charge in [0.2, 0.25) is 0 Å². The quantitative estimate of drug-likeness (QED) is 0.513. The molecule has 68 valence electrons. The van der Waals surface area contributed by atoms with Crippen LogP contribution in [0.5, 0.6) is 0 Å². The van der Waals surface area contributed by atoms with Crippen LogP contribution in [0, 0.1) is 0 Å². The van der Waals surface area contributed by atoms with Gasteiger partial charge >= 0.3 is 5.97 Å². The van der Waals surface area contributed by atoms with Crippen LogP contribution >= 0.6 is 0 Å². The third-order valence-electron chi connectivity index (χ3n) is 2.07. The minimum absolute atomic E-state index is 0.358. The Morgan fingerprint density at radius 1 is 1.29 bits per heavy atom. The van der Waals surface area contributed by atoms with Crippen LogP contribution in [0.2, 0.25) is 0 Å². The molecule has 0 aliphatic carbocycles. The molecule has 0 aliphatic heterocycles. The first-order chi connectivity index (χ1) is 6.72. The molecule has 0 unspecified atom stereocenters. The topological polar surface area (TPSA) is 26.3 Å². The highest BCUT2D eigenvalue weighted by Crippen LogP contribution is 2.12. The predicted molar refractivity (Wildman–Crippen MR) is 56.7 cm³/mol. The first kappa shape index (κ1) is 10.9. The van der Waals surface area contributed by atoms with Crippen LogP contribution in [-0.4, -0.2) is 28.8 Å². The smallest absolute Gasteiger partial charge is 0.337 e. The number of hydrogen-bond acceptors (Lipinski definition) is 2. The van der Waals surface area contributed by atoms with E-state index in [0.717, 1.165) is 11.1 Å². The fourth-order valence-electron chi connectivity index (χ4n) is 1.26. The summed E-state index contributed by atoms with van der Waals surface area (Å²) >= 11 is 0. The zero-order valence-corrected chi connectivity index (χ0v) is 8.12. The van der Waals surface area contributed by atoms with Crippen LogP contribution in [-0.2, 0) is 17.4 Å². The zero-order valence-electron chi connectivity index (χ0n) is 8.12. The van der Waals surface area contributed by atoms with Gasteiger partial charge in [-0.05, 0) is 12.1 Å². The summed E-state index contributed by atoms with van der Waals surface area (Å²) in [6, 6.07) is 5.20. The van der Waals surface area contributed by atoms with Crippen molar-refractivity contribution in [3.05, 3.63) is 34.9 Å². The van der Waals surface area contributed by atoms with Gasteiger partial charge in [0.05, 0.1) is 28.4 Å². The minimum Gasteiger partial charge on any atom is -0.465 e. The molecular weight excluding hydrogens is 174 g/mol. The molecule has 0 heterocycles. The summed E-state index contributed by atoms with van der Waals surface area (Å²) in [5.41, 5.74) is 2.35. The number of carbonyl (C=O) groups excluding carboxylic acids is 1. The molecule has 4 radical (unpaired) electrons. The van der Waals surface area contributed by atoms with E-state index in [1.54, 1.807) is 18.2 Å². The Morgan fingerprint density at radius 3 is 2.43 bits per heavy atom. The van der Waals surface area contributed by atoms with E-state index in [2.05, 4.69) is 4.74 Å². The lowest BCUT2D eigenvalue weighted by Gasteiger charge is -2.07. The summed E-state index contributed by atoms with van der Waals surface area (Å²) in [6.07, 6.45) is 0.797. The van der Waals surface area contributed by atoms with Crippen LogP contribution < -0.4 is 0 Å². The van der Waals surface area contributed by atoms with Crippen molar-refractivity contribution in [3.8, 4) is 0 Å². The van der Waals surface area contributed by atoms with Gasteiger partial charge in [0.15, 0.2) is 0 Å². The number of benzene rings is 1. The standard InChI is InChI=1S/C10H10B2O2/c1-14-10(13)7-2-3-8(5-11)9(4-7)6-12/h2-4H,5-6H2,1H3. The first-order valence-corrected chi connectivity index (χ1v) is 4.33. The molecule has 0 spiro atoms. The van der Waals surface area contributed by atoms with Crippen LogP contribution in [0.25, 0.3) is 0 Å². The summed E-state index contributed by atoms with van der Waals surface area (Å²) < 4.78 is 4.60. The minimum atomic E-state index is -0.358. The van der Waals surface area contributed by atoms with E-state index in [1.807, 2.05) is 0 Å². The summed E-state index contributed by atoms with van der Waals surface area (Å²) in [6.45, 7) is 0. The van der Waals surface area contributed by atoms with E-state index in [1.165, 1.54) is 7.11 Å². The summed E-state index contributed by atoms with van der Waals surface area (Å²) in [7, 11) is 12.4. The normalized spacial score (nSPS) is 9.79. The van der Waals surface area contributed by atoms with Crippen molar-refractivity contribution >= 4 is 21.7 Å². The van der Waals surface area contributed by atoms with Crippen LogP contribution in [0.3, 0.4) is 0 Å². The molecule has 4 heteroatoms. The Bertz CT molecular complexity index is 337. The SMILES string of the molecule is [B]Cc1ccc(C(=O)OC)cc1C[B]. The zero-order chi connectivity index (χ0) is 10.6. The van der Waals surface area contributed by atoms with Gasteiger partial charge in [-0.3, -0.25) is 0 Å². The van der Waals surface area contributed by atoms with E-state index in [4.69, 9.17) is 15.7 Å². The molecule has 0 atom stereocenters. The molecule has 2 nitrogen and oxygen atoms in total. The molecular formula is C10H10B2O2. The largest absolute Gasteiger partial charge is 0.465 e. The van der Waals surface area contributed by atoms with E-state index >= 15 is 0 Å². The average molecular weight is 184 g/mol. The Kier molecular flexibility index (Phi) is 3.81. The van der Waals surface area contributed by atoms with Crippen LogP contribution in [0.4, 0.5) is 0 Å². The number of hydrogen-bond donors (Lipinski definition) is 0. The lowest BCUT2D eigenvalue weighted by Crippen LogP contribution is -2.04. The Balaban J connectivity index is 3.07. The second-order valence-corrected chi connectivity index (χ2v) is 2.88. The molecule has 0 bridgehead atoms. The van der Waals surface area contributed by atoms with Gasteiger partial charge in [0.25, 0.3) is 0 Å². The summed E-state index contributed by atoms with van der Waals surface area (Å²) in [5, 5.41) is 0. The van der Waals surface area contributed by atoms with Gasteiger partial charge in [-0.15, -0.1) is 0 Å². The number of rotatable bonds is 3. The van der Waals surface area contributed by atoms with Gasteiger partial charge in [-0.25, -0.2) is 4.79 Å². The maximum Gasteiger partial charge on any atom is 0.337 e. The van der Waals surface area contributed by atoms with E-state index in [-0.39, 0.29) is 5.97 Å². The first-order valence-electron chi connectivity index (χ1n) is 4.33. The van der Waals surface area contributed by atoms with E-state index < -0.39 is 0 Å². The molecule has 0 saturated heterocycles. The average Bonchev–Trinajstić information content (AvgIpc) is 2.26. The lowest BCUT2D eigenvalue weighted by molar-refractivity contribution is 0.0600. The van der Waals surface area contributed by atoms with Gasteiger partial charge < -0.3 is 4.74 Å². The van der Waals surface area contributed by atoms with Crippen molar-refractivity contribution < 1.29 is 9.53 Å². The molecule has 1 aromatic carbocycles. The summed E-state index contributed by atoms with van der Waals surface area (Å²) in [4.78, 5) is 11.2. The highest BCUT2D eigenvalue weighted by atomic mass is 16.5. The molecule has 0 aromatic heterocycles. The van der Waals surface area contributed by atoms with Gasteiger partial charge in [0, 0.05) is 0 Å². The summed E-state index contributed by atoms with van der Waals surface area (Å²) in [5.74, 6) is -0.358. The number of methoxy groups -OCH3 is 1. The maximum absolute atomic E-state index is 11.2. The lowest BCUT2D eigenvalue weighted by atomic mass is 9.86.